The summed E-state index contributed by atoms with van der Waals surface area (Å²) in [5.41, 5.74) is -0.0584. The first-order valence-electron chi connectivity index (χ1n) is 6.23. The van der Waals surface area contributed by atoms with E-state index >= 15 is 0 Å². The van der Waals surface area contributed by atoms with E-state index in [1.54, 1.807) is 10.9 Å². The van der Waals surface area contributed by atoms with Crippen molar-refractivity contribution in [1.29, 1.82) is 0 Å². The molecule has 5 nitrogen and oxygen atoms in total. The maximum absolute atomic E-state index is 12.4. The highest BCUT2D eigenvalue weighted by atomic mass is 79.9. The fourth-order valence-electron chi connectivity index (χ4n) is 1.59. The number of ketones is 1. The van der Waals surface area contributed by atoms with Crippen molar-refractivity contribution in [3.63, 3.8) is 0 Å². The fraction of sp³-hybridized carbons (Fsp3) is 0.692. The molecule has 1 aromatic heterocycles. The lowest BCUT2D eigenvalue weighted by Crippen LogP contribution is -2.36. The summed E-state index contributed by atoms with van der Waals surface area (Å²) in [6, 6.07) is 0. The Kier molecular flexibility index (Phi) is 5.29. The molecule has 0 amide bonds. The predicted octanol–water partition coefficient (Wildman–Crippen LogP) is 1.80. The molecule has 1 N–H and O–H groups in total. The minimum atomic E-state index is -1.04. The first kappa shape index (κ1) is 16.3. The van der Waals surface area contributed by atoms with Gasteiger partial charge < -0.3 is 10.0 Å². The average Bonchev–Trinajstić information content (AvgIpc) is 2.64. The molecule has 0 bridgehead atoms. The van der Waals surface area contributed by atoms with Crippen LogP contribution in [0.15, 0.2) is 10.7 Å². The van der Waals surface area contributed by atoms with E-state index < -0.39 is 11.5 Å². The maximum Gasteiger partial charge on any atom is 0.210 e. The SMILES string of the molecule is CN(C)CCn1ncc(Br)c1C(=O)C(O)C(C)(C)C. The van der Waals surface area contributed by atoms with Crippen LogP contribution in [0.4, 0.5) is 0 Å². The van der Waals surface area contributed by atoms with Gasteiger partial charge in [0.25, 0.3) is 0 Å². The second kappa shape index (κ2) is 6.15. The molecule has 0 aromatic carbocycles. The number of carbonyl (C=O) groups is 1. The Morgan fingerprint density at radius 3 is 2.58 bits per heavy atom. The number of aliphatic hydroxyl groups is 1. The van der Waals surface area contributed by atoms with Gasteiger partial charge >= 0.3 is 0 Å². The fourth-order valence-corrected chi connectivity index (χ4v) is 2.09. The number of nitrogens with zero attached hydrogens (tertiary/aromatic N) is 3. The van der Waals surface area contributed by atoms with Gasteiger partial charge in [0.1, 0.15) is 11.8 Å². The Morgan fingerprint density at radius 1 is 1.53 bits per heavy atom. The van der Waals surface area contributed by atoms with Crippen LogP contribution in [-0.2, 0) is 6.54 Å². The molecule has 0 aliphatic rings. The monoisotopic (exact) mass is 331 g/mol. The van der Waals surface area contributed by atoms with Gasteiger partial charge in [-0.1, -0.05) is 20.8 Å². The van der Waals surface area contributed by atoms with Crippen LogP contribution < -0.4 is 0 Å². The maximum atomic E-state index is 12.4. The molecule has 1 aromatic rings. The number of likely N-dealkylation sites (N-methyl/N-ethyl adjacent to an activating group) is 1. The Bertz CT molecular complexity index is 449. The lowest BCUT2D eigenvalue weighted by Gasteiger charge is -2.25. The van der Waals surface area contributed by atoms with E-state index in [9.17, 15) is 9.90 Å². The number of Topliss-reactive ketones (excluding diaryl/α,β-unsaturated/α-hetero) is 1. The molecule has 1 atom stereocenters. The zero-order chi connectivity index (χ0) is 14.8. The molecule has 0 aliphatic carbocycles. The van der Waals surface area contributed by atoms with Gasteiger partial charge in [-0.05, 0) is 35.4 Å². The number of hydrogen-bond donors (Lipinski definition) is 1. The third-order valence-corrected chi connectivity index (χ3v) is 3.44. The molecular formula is C13H22BrN3O2. The molecule has 0 aliphatic heterocycles. The molecule has 0 fully saturated rings. The molecule has 1 heterocycles. The van der Waals surface area contributed by atoms with Crippen molar-refractivity contribution in [2.75, 3.05) is 20.6 Å². The van der Waals surface area contributed by atoms with Crippen molar-refractivity contribution in [3.8, 4) is 0 Å². The van der Waals surface area contributed by atoms with Crippen molar-refractivity contribution < 1.29 is 9.90 Å². The van der Waals surface area contributed by atoms with Gasteiger partial charge in [0.05, 0.1) is 17.2 Å². The number of rotatable bonds is 5. The van der Waals surface area contributed by atoms with E-state index in [1.807, 2.05) is 39.8 Å². The molecule has 0 saturated heterocycles. The summed E-state index contributed by atoms with van der Waals surface area (Å²) >= 11 is 3.33. The second-order valence-corrected chi connectivity index (χ2v) is 6.85. The molecule has 6 heteroatoms. The second-order valence-electron chi connectivity index (χ2n) is 6.00. The summed E-state index contributed by atoms with van der Waals surface area (Å²) in [4.78, 5) is 14.4. The van der Waals surface area contributed by atoms with Gasteiger partial charge in [-0.2, -0.15) is 5.10 Å². The predicted molar refractivity (Wildman–Crippen MR) is 78.3 cm³/mol. The Labute approximate surface area is 122 Å². The van der Waals surface area contributed by atoms with Crippen LogP contribution in [0.2, 0.25) is 0 Å². The van der Waals surface area contributed by atoms with E-state index in [0.29, 0.717) is 16.7 Å². The summed E-state index contributed by atoms with van der Waals surface area (Å²) in [5, 5.41) is 14.3. The van der Waals surface area contributed by atoms with Gasteiger partial charge in [-0.3, -0.25) is 9.48 Å². The summed E-state index contributed by atoms with van der Waals surface area (Å²) < 4.78 is 2.26. The highest BCUT2D eigenvalue weighted by Crippen LogP contribution is 2.25. The van der Waals surface area contributed by atoms with Crippen LogP contribution in [0.1, 0.15) is 31.3 Å². The number of aromatic nitrogens is 2. The van der Waals surface area contributed by atoms with E-state index in [1.165, 1.54) is 0 Å². The Morgan fingerprint density at radius 2 is 2.11 bits per heavy atom. The highest BCUT2D eigenvalue weighted by Gasteiger charge is 2.33. The Hall–Kier alpha value is -0.720. The first-order valence-corrected chi connectivity index (χ1v) is 7.02. The number of carbonyl (C=O) groups excluding carboxylic acids is 1. The summed E-state index contributed by atoms with van der Waals surface area (Å²) in [6.07, 6.45) is 0.553. The standard InChI is InChI=1S/C13H22BrN3O2/c1-13(2,3)12(19)11(18)10-9(14)8-15-17(10)7-6-16(4)5/h8,12,19H,6-7H2,1-5H3. The normalized spacial score (nSPS) is 13.9. The Balaban J connectivity index is 2.99. The van der Waals surface area contributed by atoms with Gasteiger partial charge in [0.15, 0.2) is 0 Å². The quantitative estimate of drug-likeness (QED) is 0.836. The topological polar surface area (TPSA) is 58.4 Å². The average molecular weight is 332 g/mol. The summed E-state index contributed by atoms with van der Waals surface area (Å²) in [6.45, 7) is 6.90. The molecule has 19 heavy (non-hydrogen) atoms. The molecule has 1 rings (SSSR count). The van der Waals surface area contributed by atoms with Gasteiger partial charge in [-0.15, -0.1) is 0 Å². The summed E-state index contributed by atoms with van der Waals surface area (Å²) in [5.74, 6) is -0.296. The molecule has 0 radical (unpaired) electrons. The number of hydrogen-bond acceptors (Lipinski definition) is 4. The van der Waals surface area contributed by atoms with Crippen molar-refractivity contribution in [1.82, 2.24) is 14.7 Å². The van der Waals surface area contributed by atoms with Crippen LogP contribution in [-0.4, -0.2) is 52.3 Å². The van der Waals surface area contributed by atoms with Crippen molar-refractivity contribution in [3.05, 3.63) is 16.4 Å². The molecular weight excluding hydrogens is 310 g/mol. The summed E-state index contributed by atoms with van der Waals surface area (Å²) in [7, 11) is 3.92. The molecule has 108 valence electrons. The lowest BCUT2D eigenvalue weighted by atomic mass is 9.86. The van der Waals surface area contributed by atoms with Gasteiger partial charge in [-0.25, -0.2) is 0 Å². The third kappa shape index (κ3) is 4.12. The van der Waals surface area contributed by atoms with Crippen LogP contribution in [0.3, 0.4) is 0 Å². The molecule has 0 saturated carbocycles. The van der Waals surface area contributed by atoms with E-state index in [0.717, 1.165) is 6.54 Å². The molecule has 0 spiro atoms. The number of aliphatic hydroxyl groups excluding tert-OH is 1. The lowest BCUT2D eigenvalue weighted by molar-refractivity contribution is 0.0430. The molecule has 1 unspecified atom stereocenters. The van der Waals surface area contributed by atoms with Crippen LogP contribution in [0, 0.1) is 5.41 Å². The third-order valence-electron chi connectivity index (χ3n) is 2.86. The van der Waals surface area contributed by atoms with Crippen molar-refractivity contribution in [2.45, 2.75) is 33.4 Å². The number of halogens is 1. The van der Waals surface area contributed by atoms with Crippen LogP contribution >= 0.6 is 15.9 Å². The zero-order valence-corrected chi connectivity index (χ0v) is 13.7. The largest absolute Gasteiger partial charge is 0.384 e. The van der Waals surface area contributed by atoms with Gasteiger partial charge in [0.2, 0.25) is 5.78 Å². The minimum absolute atomic E-state index is 0.296. The van der Waals surface area contributed by atoms with Crippen molar-refractivity contribution in [2.24, 2.45) is 5.41 Å². The van der Waals surface area contributed by atoms with Crippen molar-refractivity contribution >= 4 is 21.7 Å². The minimum Gasteiger partial charge on any atom is -0.384 e. The first-order chi connectivity index (χ1) is 8.64. The zero-order valence-electron chi connectivity index (χ0n) is 12.1. The van der Waals surface area contributed by atoms with Crippen LogP contribution in [0.5, 0.6) is 0 Å². The smallest absolute Gasteiger partial charge is 0.210 e. The van der Waals surface area contributed by atoms with E-state index in [-0.39, 0.29) is 5.78 Å². The van der Waals surface area contributed by atoms with E-state index in [2.05, 4.69) is 21.0 Å². The highest BCUT2D eigenvalue weighted by molar-refractivity contribution is 9.10. The van der Waals surface area contributed by atoms with Crippen LogP contribution in [0.25, 0.3) is 0 Å². The van der Waals surface area contributed by atoms with Gasteiger partial charge in [0, 0.05) is 6.54 Å². The van der Waals surface area contributed by atoms with E-state index in [4.69, 9.17) is 0 Å².